The first-order valence-electron chi connectivity index (χ1n) is 14.0. The van der Waals surface area contributed by atoms with Gasteiger partial charge in [0.1, 0.15) is 12.0 Å². The molecule has 2 unspecified atom stereocenters. The highest BCUT2D eigenvalue weighted by Crippen LogP contribution is 2.36. The van der Waals surface area contributed by atoms with Gasteiger partial charge in [-0.3, -0.25) is 9.36 Å². The van der Waals surface area contributed by atoms with Crippen molar-refractivity contribution in [3.05, 3.63) is 94.2 Å². The van der Waals surface area contributed by atoms with Gasteiger partial charge in [-0.1, -0.05) is 30.3 Å². The molecular weight excluding hydrogens is 507 g/mol. The van der Waals surface area contributed by atoms with Crippen LogP contribution in [0.4, 0.5) is 16.3 Å². The van der Waals surface area contributed by atoms with E-state index in [2.05, 4.69) is 31.5 Å². The van der Waals surface area contributed by atoms with E-state index in [-0.39, 0.29) is 23.5 Å². The summed E-state index contributed by atoms with van der Waals surface area (Å²) in [6.07, 6.45) is 6.04. The van der Waals surface area contributed by atoms with Crippen LogP contribution in [-0.4, -0.2) is 51.4 Å². The first kappa shape index (κ1) is 26.3. The van der Waals surface area contributed by atoms with E-state index in [1.54, 1.807) is 10.8 Å². The minimum absolute atomic E-state index is 0.0858. The number of imidazole rings is 1. The third-order valence-corrected chi connectivity index (χ3v) is 8.13. The molecule has 2 atom stereocenters. The molecule has 1 saturated carbocycles. The number of ether oxygens (including phenoxy) is 1. The maximum absolute atomic E-state index is 13.5. The number of halogens is 1. The van der Waals surface area contributed by atoms with E-state index in [0.29, 0.717) is 12.5 Å². The van der Waals surface area contributed by atoms with Crippen LogP contribution in [0.5, 0.6) is 0 Å². The Kier molecular flexibility index (Phi) is 7.14. The Labute approximate surface area is 233 Å². The SMILES string of the molecule is C/C=C1\CC1OC(C)n1c(N(C)C2CCN(c3nc4ccccc4n3Cc3ccc(F)cc3)CC2)nccc1=O. The number of piperidine rings is 1. The Morgan fingerprint density at radius 1 is 1.12 bits per heavy atom. The number of aromatic nitrogens is 4. The first-order valence-corrected chi connectivity index (χ1v) is 14.0. The van der Waals surface area contributed by atoms with E-state index in [9.17, 15) is 9.18 Å². The van der Waals surface area contributed by atoms with Gasteiger partial charge in [-0.25, -0.2) is 14.4 Å². The molecule has 1 aliphatic carbocycles. The molecule has 1 aliphatic heterocycles. The van der Waals surface area contributed by atoms with E-state index in [0.717, 1.165) is 54.9 Å². The highest BCUT2D eigenvalue weighted by atomic mass is 19.1. The lowest BCUT2D eigenvalue weighted by Crippen LogP contribution is -2.46. The van der Waals surface area contributed by atoms with Crippen LogP contribution < -0.4 is 15.4 Å². The maximum atomic E-state index is 13.5. The quantitative estimate of drug-likeness (QED) is 0.287. The molecule has 1 saturated heterocycles. The molecule has 3 heterocycles. The summed E-state index contributed by atoms with van der Waals surface area (Å²) >= 11 is 0. The summed E-state index contributed by atoms with van der Waals surface area (Å²) in [6, 6.07) is 16.5. The smallest absolute Gasteiger partial charge is 0.256 e. The lowest BCUT2D eigenvalue weighted by Gasteiger charge is -2.38. The number of para-hydroxylation sites is 2. The summed E-state index contributed by atoms with van der Waals surface area (Å²) in [4.78, 5) is 27.0. The monoisotopic (exact) mass is 542 g/mol. The molecule has 9 heteroatoms. The van der Waals surface area contributed by atoms with Crippen LogP contribution in [0, 0.1) is 5.82 Å². The third kappa shape index (κ3) is 5.13. The van der Waals surface area contributed by atoms with E-state index in [1.807, 2.05) is 51.2 Å². The number of fused-ring (bicyclic) bond motifs is 1. The fourth-order valence-electron chi connectivity index (χ4n) is 5.75. The van der Waals surface area contributed by atoms with Crippen molar-refractivity contribution in [3.8, 4) is 0 Å². The molecule has 8 nitrogen and oxygen atoms in total. The average Bonchev–Trinajstić information content (AvgIpc) is 3.63. The molecule has 0 N–H and O–H groups in total. The van der Waals surface area contributed by atoms with Crippen LogP contribution >= 0.6 is 0 Å². The maximum Gasteiger partial charge on any atom is 0.256 e. The highest BCUT2D eigenvalue weighted by molar-refractivity contribution is 5.79. The van der Waals surface area contributed by atoms with E-state index in [1.165, 1.54) is 23.8 Å². The predicted octanol–water partition coefficient (Wildman–Crippen LogP) is 5.14. The van der Waals surface area contributed by atoms with Crippen LogP contribution in [0.1, 0.15) is 44.9 Å². The second-order valence-electron chi connectivity index (χ2n) is 10.7. The lowest BCUT2D eigenvalue weighted by atomic mass is 10.0. The Bertz CT molecular complexity index is 1590. The van der Waals surface area contributed by atoms with Gasteiger partial charge in [-0.15, -0.1) is 0 Å². The highest BCUT2D eigenvalue weighted by Gasteiger charge is 2.33. The normalized spacial score (nSPS) is 19.4. The number of allylic oxidation sites excluding steroid dienone is 1. The molecule has 2 aromatic heterocycles. The zero-order chi connectivity index (χ0) is 27.8. The van der Waals surface area contributed by atoms with Crippen molar-refractivity contribution >= 4 is 22.9 Å². The lowest BCUT2D eigenvalue weighted by molar-refractivity contribution is 0.00729. The van der Waals surface area contributed by atoms with Crippen molar-refractivity contribution < 1.29 is 9.13 Å². The van der Waals surface area contributed by atoms with Crippen LogP contribution in [-0.2, 0) is 11.3 Å². The number of hydrogen-bond donors (Lipinski definition) is 0. The molecule has 40 heavy (non-hydrogen) atoms. The van der Waals surface area contributed by atoms with Crippen LogP contribution in [0.3, 0.4) is 0 Å². The van der Waals surface area contributed by atoms with Gasteiger partial charge in [0.05, 0.1) is 23.7 Å². The second-order valence-corrected chi connectivity index (χ2v) is 10.7. The van der Waals surface area contributed by atoms with Crippen LogP contribution in [0.15, 0.2) is 77.2 Å². The third-order valence-electron chi connectivity index (χ3n) is 8.13. The first-order chi connectivity index (χ1) is 19.4. The van der Waals surface area contributed by atoms with Crippen molar-refractivity contribution in [2.75, 3.05) is 29.9 Å². The molecule has 0 radical (unpaired) electrons. The van der Waals surface area contributed by atoms with Gasteiger partial charge in [-0.05, 0) is 62.1 Å². The zero-order valence-electron chi connectivity index (χ0n) is 23.2. The zero-order valence-corrected chi connectivity index (χ0v) is 23.2. The molecule has 2 aromatic carbocycles. The Morgan fingerprint density at radius 2 is 1.88 bits per heavy atom. The van der Waals surface area contributed by atoms with Gasteiger partial charge in [0, 0.05) is 44.9 Å². The summed E-state index contributed by atoms with van der Waals surface area (Å²) in [5.41, 5.74) is 4.19. The average molecular weight is 543 g/mol. The molecule has 0 amide bonds. The minimum atomic E-state index is -0.410. The van der Waals surface area contributed by atoms with Crippen molar-refractivity contribution in [1.82, 2.24) is 19.1 Å². The van der Waals surface area contributed by atoms with Gasteiger partial charge < -0.3 is 19.1 Å². The van der Waals surface area contributed by atoms with Crippen LogP contribution in [0.25, 0.3) is 11.0 Å². The second kappa shape index (κ2) is 10.9. The van der Waals surface area contributed by atoms with Gasteiger partial charge in [0.25, 0.3) is 5.56 Å². The molecule has 2 aliphatic rings. The van der Waals surface area contributed by atoms with Crippen molar-refractivity contribution in [1.29, 1.82) is 0 Å². The predicted molar refractivity (Wildman–Crippen MR) is 155 cm³/mol. The fourth-order valence-corrected chi connectivity index (χ4v) is 5.75. The van der Waals surface area contributed by atoms with E-state index < -0.39 is 6.23 Å². The van der Waals surface area contributed by atoms with E-state index >= 15 is 0 Å². The standard InChI is InChI=1S/C31H35FN6O2/c1-4-23-19-28(23)40-21(2)38-29(39)13-16-33-30(38)35(3)25-14-17-36(18-15-25)31-34-26-7-5-6-8-27(26)37(31)20-22-9-11-24(32)12-10-22/h4-13,16,21,25,28H,14-15,17-20H2,1-3H3/b23-4+. The minimum Gasteiger partial charge on any atom is -0.350 e. The molecule has 208 valence electrons. The number of rotatable bonds is 8. The summed E-state index contributed by atoms with van der Waals surface area (Å²) < 4.78 is 23.6. The summed E-state index contributed by atoms with van der Waals surface area (Å²) in [5.74, 6) is 1.32. The van der Waals surface area contributed by atoms with Crippen molar-refractivity contribution in [2.24, 2.45) is 0 Å². The van der Waals surface area contributed by atoms with Gasteiger partial charge >= 0.3 is 0 Å². The number of hydrogen-bond acceptors (Lipinski definition) is 6. The van der Waals surface area contributed by atoms with E-state index in [4.69, 9.17) is 9.72 Å². The van der Waals surface area contributed by atoms with Crippen molar-refractivity contribution in [2.45, 2.75) is 58.0 Å². The van der Waals surface area contributed by atoms with Crippen LogP contribution in [0.2, 0.25) is 0 Å². The summed E-state index contributed by atoms with van der Waals surface area (Å²) in [5, 5.41) is 0. The Morgan fingerprint density at radius 3 is 2.60 bits per heavy atom. The van der Waals surface area contributed by atoms with Gasteiger partial charge in [0.15, 0.2) is 0 Å². The Hall–Kier alpha value is -3.98. The number of nitrogens with zero attached hydrogens (tertiary/aromatic N) is 6. The van der Waals surface area contributed by atoms with Gasteiger partial charge in [0.2, 0.25) is 11.9 Å². The molecule has 2 fully saturated rings. The molecule has 4 aromatic rings. The van der Waals surface area contributed by atoms with Gasteiger partial charge in [-0.2, -0.15) is 0 Å². The summed E-state index contributed by atoms with van der Waals surface area (Å²) in [7, 11) is 2.02. The number of anilines is 2. The number of benzene rings is 2. The fraction of sp³-hybridized carbons (Fsp3) is 0.387. The molecular formula is C31H35FN6O2. The summed E-state index contributed by atoms with van der Waals surface area (Å²) in [6.45, 7) is 6.18. The molecule has 0 bridgehead atoms. The Balaban J connectivity index is 1.20. The molecule has 6 rings (SSSR count). The largest absolute Gasteiger partial charge is 0.350 e. The topological polar surface area (TPSA) is 68.4 Å². The molecule has 0 spiro atoms. The van der Waals surface area contributed by atoms with Crippen molar-refractivity contribution in [3.63, 3.8) is 0 Å².